The van der Waals surface area contributed by atoms with Gasteiger partial charge < -0.3 is 20.3 Å². The average Bonchev–Trinajstić information content (AvgIpc) is 2.87. The summed E-state index contributed by atoms with van der Waals surface area (Å²) in [4.78, 5) is 23.4. The van der Waals surface area contributed by atoms with Crippen LogP contribution in [-0.2, 0) is 11.3 Å². The highest BCUT2D eigenvalue weighted by molar-refractivity contribution is 5.78. The summed E-state index contributed by atoms with van der Waals surface area (Å²) in [5, 5.41) is 18.5. The Balaban J connectivity index is 1.83. The maximum atomic E-state index is 11.8. The molecule has 0 aliphatic heterocycles. The molecule has 0 unspecified atom stereocenters. The second-order valence-corrected chi connectivity index (χ2v) is 5.53. The summed E-state index contributed by atoms with van der Waals surface area (Å²) in [6, 6.07) is 1.27. The van der Waals surface area contributed by atoms with Crippen molar-refractivity contribution in [3.8, 4) is 0 Å². The van der Waals surface area contributed by atoms with Crippen molar-refractivity contribution in [2.75, 3.05) is 6.54 Å². The Kier molecular flexibility index (Phi) is 5.19. The van der Waals surface area contributed by atoms with Crippen LogP contribution in [0.25, 0.3) is 0 Å². The van der Waals surface area contributed by atoms with E-state index in [-0.39, 0.29) is 19.1 Å². The molecule has 2 amide bonds. The number of aliphatic carboxylic acids is 1. The number of hydrogen-bond acceptors (Lipinski definition) is 4. The van der Waals surface area contributed by atoms with Gasteiger partial charge in [0.25, 0.3) is 0 Å². The zero-order chi connectivity index (χ0) is 15.1. The summed E-state index contributed by atoms with van der Waals surface area (Å²) >= 11 is 0. The minimum absolute atomic E-state index is 0.160. The van der Waals surface area contributed by atoms with E-state index < -0.39 is 11.4 Å². The van der Waals surface area contributed by atoms with E-state index in [1.807, 2.05) is 0 Å². The Labute approximate surface area is 123 Å². The molecule has 0 aromatic carbocycles. The molecule has 1 aliphatic carbocycles. The monoisotopic (exact) mass is 295 g/mol. The van der Waals surface area contributed by atoms with Gasteiger partial charge in [0.15, 0.2) is 0 Å². The van der Waals surface area contributed by atoms with Crippen LogP contribution in [0.2, 0.25) is 0 Å². The van der Waals surface area contributed by atoms with Crippen molar-refractivity contribution in [1.29, 1.82) is 0 Å². The molecule has 1 aromatic heterocycles. The van der Waals surface area contributed by atoms with Crippen LogP contribution in [0.15, 0.2) is 16.9 Å². The molecule has 0 saturated heterocycles. The number of hydrogen-bond donors (Lipinski definition) is 3. The van der Waals surface area contributed by atoms with E-state index in [1.165, 1.54) is 6.26 Å². The molecule has 7 nitrogen and oxygen atoms in total. The van der Waals surface area contributed by atoms with Gasteiger partial charge in [-0.15, -0.1) is 0 Å². The van der Waals surface area contributed by atoms with Crippen LogP contribution in [0.4, 0.5) is 4.79 Å². The maximum Gasteiger partial charge on any atom is 0.315 e. The highest BCUT2D eigenvalue weighted by atomic mass is 16.5. The van der Waals surface area contributed by atoms with Crippen LogP contribution in [0.5, 0.6) is 0 Å². The van der Waals surface area contributed by atoms with Crippen molar-refractivity contribution in [2.24, 2.45) is 5.41 Å². The molecule has 21 heavy (non-hydrogen) atoms. The summed E-state index contributed by atoms with van der Waals surface area (Å²) < 4.78 is 4.66. The summed E-state index contributed by atoms with van der Waals surface area (Å²) in [5.74, 6) is -0.818. The number of carboxylic acids is 1. The Morgan fingerprint density at radius 1 is 1.24 bits per heavy atom. The van der Waals surface area contributed by atoms with Crippen molar-refractivity contribution in [1.82, 2.24) is 15.8 Å². The minimum Gasteiger partial charge on any atom is -0.481 e. The highest BCUT2D eigenvalue weighted by Gasteiger charge is 2.38. The number of carboxylic acid groups (broad SMARTS) is 1. The summed E-state index contributed by atoms with van der Waals surface area (Å²) in [5.41, 5.74) is -0.214. The second kappa shape index (κ2) is 7.10. The molecule has 116 valence electrons. The molecule has 0 spiro atoms. The third kappa shape index (κ3) is 4.21. The number of carbonyl (C=O) groups is 2. The molecule has 1 heterocycles. The predicted octanol–water partition coefficient (Wildman–Crippen LogP) is 1.90. The lowest BCUT2D eigenvalue weighted by Gasteiger charge is -2.28. The predicted molar refractivity (Wildman–Crippen MR) is 74.5 cm³/mol. The Morgan fingerprint density at radius 2 is 1.95 bits per heavy atom. The van der Waals surface area contributed by atoms with Crippen molar-refractivity contribution < 1.29 is 19.2 Å². The zero-order valence-corrected chi connectivity index (χ0v) is 11.9. The normalized spacial score (nSPS) is 17.7. The van der Waals surface area contributed by atoms with E-state index in [4.69, 9.17) is 0 Å². The number of aromatic nitrogens is 1. The van der Waals surface area contributed by atoms with E-state index in [0.717, 1.165) is 25.7 Å². The Bertz CT molecular complexity index is 465. The third-order valence-corrected chi connectivity index (χ3v) is 4.02. The summed E-state index contributed by atoms with van der Waals surface area (Å²) in [6.07, 6.45) is 6.58. The van der Waals surface area contributed by atoms with Gasteiger partial charge >= 0.3 is 12.0 Å². The highest BCUT2D eigenvalue weighted by Crippen LogP contribution is 2.34. The lowest BCUT2D eigenvalue weighted by Crippen LogP contribution is -2.46. The number of rotatable bonds is 5. The van der Waals surface area contributed by atoms with Crippen LogP contribution in [0.3, 0.4) is 0 Å². The van der Waals surface area contributed by atoms with Crippen molar-refractivity contribution >= 4 is 12.0 Å². The van der Waals surface area contributed by atoms with Crippen LogP contribution in [0.1, 0.15) is 44.2 Å². The van der Waals surface area contributed by atoms with E-state index in [9.17, 15) is 14.7 Å². The molecule has 1 aliphatic rings. The van der Waals surface area contributed by atoms with Gasteiger partial charge in [0.2, 0.25) is 0 Å². The minimum atomic E-state index is -0.832. The molecule has 3 N–H and O–H groups in total. The van der Waals surface area contributed by atoms with Gasteiger partial charge in [-0.3, -0.25) is 4.79 Å². The molecule has 1 aromatic rings. The van der Waals surface area contributed by atoms with Crippen LogP contribution >= 0.6 is 0 Å². The maximum absolute atomic E-state index is 11.8. The molecule has 2 rings (SSSR count). The molecular weight excluding hydrogens is 274 g/mol. The summed E-state index contributed by atoms with van der Waals surface area (Å²) in [6.45, 7) is 0.412. The van der Waals surface area contributed by atoms with Crippen LogP contribution in [0, 0.1) is 5.41 Å². The van der Waals surface area contributed by atoms with E-state index >= 15 is 0 Å². The first-order valence-electron chi connectivity index (χ1n) is 7.27. The summed E-state index contributed by atoms with van der Waals surface area (Å²) in [7, 11) is 0. The molecular formula is C14H21N3O4. The topological polar surface area (TPSA) is 104 Å². The smallest absolute Gasteiger partial charge is 0.315 e. The number of amides is 2. The molecule has 1 fully saturated rings. The molecule has 0 radical (unpaired) electrons. The number of nitrogens with zero attached hydrogens (tertiary/aromatic N) is 1. The standard InChI is InChI=1S/C14H21N3O4/c18-12(19)14(6-3-1-2-4-7-14)10-16-13(20)15-9-11-5-8-21-17-11/h5,8H,1-4,6-7,9-10H2,(H,18,19)(H2,15,16,20). The first-order valence-corrected chi connectivity index (χ1v) is 7.27. The van der Waals surface area contributed by atoms with E-state index in [2.05, 4.69) is 20.3 Å². The molecule has 0 bridgehead atoms. The molecule has 0 atom stereocenters. The van der Waals surface area contributed by atoms with Crippen LogP contribution < -0.4 is 10.6 Å². The SMILES string of the molecule is O=C(NCc1ccon1)NCC1(C(=O)O)CCCCCC1. The van der Waals surface area contributed by atoms with Crippen molar-refractivity contribution in [2.45, 2.75) is 45.1 Å². The van der Waals surface area contributed by atoms with E-state index in [0.29, 0.717) is 18.5 Å². The van der Waals surface area contributed by atoms with E-state index in [1.54, 1.807) is 6.07 Å². The fourth-order valence-electron chi connectivity index (χ4n) is 2.68. The lowest BCUT2D eigenvalue weighted by atomic mass is 9.80. The van der Waals surface area contributed by atoms with Gasteiger partial charge in [-0.1, -0.05) is 30.8 Å². The fourth-order valence-corrected chi connectivity index (χ4v) is 2.68. The van der Waals surface area contributed by atoms with Gasteiger partial charge in [0.1, 0.15) is 12.0 Å². The number of nitrogens with one attached hydrogen (secondary N) is 2. The molecule has 7 heteroatoms. The van der Waals surface area contributed by atoms with Gasteiger partial charge in [-0.25, -0.2) is 4.79 Å². The largest absolute Gasteiger partial charge is 0.481 e. The first-order chi connectivity index (χ1) is 10.1. The fraction of sp³-hybridized carbons (Fsp3) is 0.643. The van der Waals surface area contributed by atoms with Crippen molar-refractivity contribution in [3.63, 3.8) is 0 Å². The van der Waals surface area contributed by atoms with Gasteiger partial charge in [0.05, 0.1) is 12.0 Å². The molecule has 1 saturated carbocycles. The average molecular weight is 295 g/mol. The number of carbonyl (C=O) groups excluding carboxylic acids is 1. The van der Waals surface area contributed by atoms with Crippen molar-refractivity contribution in [3.05, 3.63) is 18.0 Å². The number of urea groups is 1. The Hall–Kier alpha value is -2.05. The first kappa shape index (κ1) is 15.3. The van der Waals surface area contributed by atoms with Gasteiger partial charge in [-0.2, -0.15) is 0 Å². The third-order valence-electron chi connectivity index (χ3n) is 4.02. The quantitative estimate of drug-likeness (QED) is 0.720. The second-order valence-electron chi connectivity index (χ2n) is 5.53. The Morgan fingerprint density at radius 3 is 2.52 bits per heavy atom. The van der Waals surface area contributed by atoms with Gasteiger partial charge in [-0.05, 0) is 12.8 Å². The lowest BCUT2D eigenvalue weighted by molar-refractivity contribution is -0.149. The zero-order valence-electron chi connectivity index (χ0n) is 11.9. The van der Waals surface area contributed by atoms with Gasteiger partial charge in [0, 0.05) is 12.6 Å². The van der Waals surface area contributed by atoms with Crippen LogP contribution in [-0.4, -0.2) is 28.8 Å².